The number of benzene rings is 1. The third-order valence-electron chi connectivity index (χ3n) is 6.49. The molecular formula is C27H36N4O4S2. The van der Waals surface area contributed by atoms with Crippen molar-refractivity contribution >= 4 is 38.2 Å². The van der Waals surface area contributed by atoms with E-state index >= 15 is 0 Å². The van der Waals surface area contributed by atoms with Crippen molar-refractivity contribution in [3.05, 3.63) is 71.1 Å². The summed E-state index contributed by atoms with van der Waals surface area (Å²) in [7, 11) is -3.76. The van der Waals surface area contributed by atoms with E-state index in [4.69, 9.17) is 0 Å². The standard InChI is InChI=1S/C27H36N4O4S2/c1-6-16-31(17-7-2)37(34,35)21-13-11-20(12-14-21)25(32)28-26-24(27(33)30(9-4)10-5)22-15-18-29(8-3)19-23(22)36-26/h6-7,11-14H,1-2,8-10,15-19H2,3-5H3,(H,28,32). The average molecular weight is 545 g/mol. The minimum Gasteiger partial charge on any atom is -0.339 e. The number of rotatable bonds is 12. The Labute approximate surface area is 224 Å². The number of likely N-dealkylation sites (N-methyl/N-ethyl adjacent to an activating group) is 1. The summed E-state index contributed by atoms with van der Waals surface area (Å²) in [6.45, 7) is 17.2. The molecule has 1 aromatic heterocycles. The summed E-state index contributed by atoms with van der Waals surface area (Å²) < 4.78 is 27.2. The van der Waals surface area contributed by atoms with E-state index in [1.165, 1.54) is 52.1 Å². The van der Waals surface area contributed by atoms with Crippen LogP contribution in [0.15, 0.2) is 54.5 Å². The van der Waals surface area contributed by atoms with Crippen molar-refractivity contribution in [2.24, 2.45) is 0 Å². The van der Waals surface area contributed by atoms with Gasteiger partial charge in [0.2, 0.25) is 10.0 Å². The van der Waals surface area contributed by atoms with Gasteiger partial charge in [-0.25, -0.2) is 8.42 Å². The van der Waals surface area contributed by atoms with Gasteiger partial charge in [-0.05, 0) is 56.6 Å². The number of sulfonamides is 1. The molecule has 1 aromatic carbocycles. The molecule has 0 unspecified atom stereocenters. The molecule has 1 aliphatic heterocycles. The number of fused-ring (bicyclic) bond motifs is 1. The van der Waals surface area contributed by atoms with E-state index in [1.807, 2.05) is 13.8 Å². The van der Waals surface area contributed by atoms with Gasteiger partial charge in [0, 0.05) is 49.7 Å². The number of carbonyl (C=O) groups is 2. The van der Waals surface area contributed by atoms with Gasteiger partial charge in [-0.1, -0.05) is 19.1 Å². The molecule has 8 nitrogen and oxygen atoms in total. The first-order valence-electron chi connectivity index (χ1n) is 12.5. The van der Waals surface area contributed by atoms with E-state index in [2.05, 4.69) is 30.3 Å². The monoisotopic (exact) mass is 544 g/mol. The summed E-state index contributed by atoms with van der Waals surface area (Å²) in [4.78, 5) is 31.9. The smallest absolute Gasteiger partial charge is 0.257 e. The third kappa shape index (κ3) is 6.20. The number of thiophene rings is 1. The second-order valence-electron chi connectivity index (χ2n) is 8.68. The molecule has 2 amide bonds. The van der Waals surface area contributed by atoms with Gasteiger partial charge in [0.25, 0.3) is 11.8 Å². The maximum absolute atomic E-state index is 13.4. The summed E-state index contributed by atoms with van der Waals surface area (Å²) in [5.41, 5.74) is 1.91. The lowest BCUT2D eigenvalue weighted by molar-refractivity contribution is 0.0772. The van der Waals surface area contributed by atoms with Crippen molar-refractivity contribution in [3.63, 3.8) is 0 Å². The zero-order valence-corrected chi connectivity index (χ0v) is 23.5. The van der Waals surface area contributed by atoms with Gasteiger partial charge in [0.05, 0.1) is 10.5 Å². The van der Waals surface area contributed by atoms with Crippen LogP contribution in [0.2, 0.25) is 0 Å². The fraction of sp³-hybridized carbons (Fsp3) is 0.407. The lowest BCUT2D eigenvalue weighted by atomic mass is 10.0. The highest BCUT2D eigenvalue weighted by atomic mass is 32.2. The third-order valence-corrected chi connectivity index (χ3v) is 9.47. The average Bonchev–Trinajstić information content (AvgIpc) is 3.25. The molecule has 10 heteroatoms. The summed E-state index contributed by atoms with van der Waals surface area (Å²) in [6, 6.07) is 5.81. The van der Waals surface area contributed by atoms with Crippen LogP contribution in [0, 0.1) is 0 Å². The number of hydrogen-bond acceptors (Lipinski definition) is 6. The normalized spacial score (nSPS) is 13.7. The number of nitrogens with one attached hydrogen (secondary N) is 1. The van der Waals surface area contributed by atoms with Crippen molar-refractivity contribution in [1.82, 2.24) is 14.1 Å². The van der Waals surface area contributed by atoms with Gasteiger partial charge in [-0.2, -0.15) is 4.31 Å². The maximum atomic E-state index is 13.4. The zero-order valence-electron chi connectivity index (χ0n) is 21.8. The Morgan fingerprint density at radius 1 is 1.08 bits per heavy atom. The van der Waals surface area contributed by atoms with Gasteiger partial charge in [0.1, 0.15) is 5.00 Å². The largest absolute Gasteiger partial charge is 0.339 e. The van der Waals surface area contributed by atoms with E-state index in [0.717, 1.165) is 36.5 Å². The van der Waals surface area contributed by atoms with E-state index in [1.54, 1.807) is 4.90 Å². The maximum Gasteiger partial charge on any atom is 0.257 e. The highest BCUT2D eigenvalue weighted by Crippen LogP contribution is 2.38. The molecule has 0 atom stereocenters. The summed E-state index contributed by atoms with van der Waals surface area (Å²) in [5.74, 6) is -0.466. The molecule has 200 valence electrons. The second kappa shape index (κ2) is 12.6. The van der Waals surface area contributed by atoms with Crippen LogP contribution in [-0.4, -0.2) is 73.6 Å². The number of hydrogen-bond donors (Lipinski definition) is 1. The first kappa shape index (κ1) is 28.8. The van der Waals surface area contributed by atoms with Crippen LogP contribution >= 0.6 is 11.3 Å². The minimum absolute atomic E-state index is 0.0753. The fourth-order valence-electron chi connectivity index (χ4n) is 4.37. The number of carbonyl (C=O) groups excluding carboxylic acids is 2. The lowest BCUT2D eigenvalue weighted by Gasteiger charge is -2.26. The molecule has 0 fully saturated rings. The Bertz CT molecular complexity index is 1240. The molecular weight excluding hydrogens is 508 g/mol. The van der Waals surface area contributed by atoms with Crippen molar-refractivity contribution in [1.29, 1.82) is 0 Å². The Morgan fingerprint density at radius 3 is 2.24 bits per heavy atom. The molecule has 0 radical (unpaired) electrons. The van der Waals surface area contributed by atoms with Crippen molar-refractivity contribution in [3.8, 4) is 0 Å². The topological polar surface area (TPSA) is 90.0 Å². The van der Waals surface area contributed by atoms with Crippen molar-refractivity contribution in [2.45, 2.75) is 38.6 Å². The Kier molecular flexibility index (Phi) is 9.83. The molecule has 0 spiro atoms. The highest BCUT2D eigenvalue weighted by molar-refractivity contribution is 7.89. The number of anilines is 1. The minimum atomic E-state index is -3.76. The molecule has 0 aliphatic carbocycles. The van der Waals surface area contributed by atoms with Crippen molar-refractivity contribution in [2.75, 3.05) is 44.6 Å². The summed E-state index contributed by atoms with van der Waals surface area (Å²) >= 11 is 1.45. The second-order valence-corrected chi connectivity index (χ2v) is 11.7. The van der Waals surface area contributed by atoms with Gasteiger partial charge < -0.3 is 10.2 Å². The van der Waals surface area contributed by atoms with E-state index < -0.39 is 15.9 Å². The SMILES string of the molecule is C=CCN(CC=C)S(=O)(=O)c1ccc(C(=O)Nc2sc3c(c2C(=O)N(CC)CC)CCN(CC)C3)cc1. The molecule has 1 aliphatic rings. The molecule has 0 bridgehead atoms. The number of nitrogens with zero attached hydrogens (tertiary/aromatic N) is 3. The van der Waals surface area contributed by atoms with Crippen LogP contribution < -0.4 is 5.32 Å². The zero-order chi connectivity index (χ0) is 27.2. The van der Waals surface area contributed by atoms with Gasteiger partial charge >= 0.3 is 0 Å². The first-order valence-corrected chi connectivity index (χ1v) is 14.8. The Hall–Kier alpha value is -2.79. The fourth-order valence-corrected chi connectivity index (χ4v) is 7.03. The molecule has 2 heterocycles. The van der Waals surface area contributed by atoms with E-state index in [9.17, 15) is 18.0 Å². The molecule has 0 saturated heterocycles. The lowest BCUT2D eigenvalue weighted by Crippen LogP contribution is -2.34. The van der Waals surface area contributed by atoms with Crippen LogP contribution in [0.5, 0.6) is 0 Å². The van der Waals surface area contributed by atoms with Gasteiger partial charge in [-0.3, -0.25) is 14.5 Å². The van der Waals surface area contributed by atoms with E-state index in [0.29, 0.717) is 29.2 Å². The predicted octanol–water partition coefficient (Wildman–Crippen LogP) is 4.22. The van der Waals surface area contributed by atoms with Crippen LogP contribution in [0.3, 0.4) is 0 Å². The van der Waals surface area contributed by atoms with Gasteiger partial charge in [-0.15, -0.1) is 24.5 Å². The summed E-state index contributed by atoms with van der Waals surface area (Å²) in [5, 5.41) is 3.50. The quantitative estimate of drug-likeness (QED) is 0.404. The Balaban J connectivity index is 1.90. The van der Waals surface area contributed by atoms with Crippen LogP contribution in [0.1, 0.15) is 51.9 Å². The highest BCUT2D eigenvalue weighted by Gasteiger charge is 2.30. The summed E-state index contributed by atoms with van der Waals surface area (Å²) in [6.07, 6.45) is 3.79. The Morgan fingerprint density at radius 2 is 1.70 bits per heavy atom. The molecule has 37 heavy (non-hydrogen) atoms. The van der Waals surface area contributed by atoms with Crippen LogP contribution in [0.4, 0.5) is 5.00 Å². The van der Waals surface area contributed by atoms with Gasteiger partial charge in [0.15, 0.2) is 0 Å². The molecule has 3 rings (SSSR count). The first-order chi connectivity index (χ1) is 17.7. The molecule has 1 N–H and O–H groups in total. The van der Waals surface area contributed by atoms with E-state index in [-0.39, 0.29) is 23.9 Å². The molecule has 0 saturated carbocycles. The predicted molar refractivity (Wildman–Crippen MR) is 150 cm³/mol. The number of amides is 2. The van der Waals surface area contributed by atoms with Crippen molar-refractivity contribution < 1.29 is 18.0 Å². The van der Waals surface area contributed by atoms with Crippen LogP contribution in [0.25, 0.3) is 0 Å². The molecule has 2 aromatic rings. The van der Waals surface area contributed by atoms with Crippen LogP contribution in [-0.2, 0) is 23.0 Å².